The summed E-state index contributed by atoms with van der Waals surface area (Å²) in [5, 5.41) is 2.82. The van der Waals surface area contributed by atoms with Gasteiger partial charge in [0.05, 0.1) is 14.2 Å². The van der Waals surface area contributed by atoms with Crippen molar-refractivity contribution in [3.8, 4) is 11.5 Å². The molecular weight excluding hydrogens is 340 g/mol. The number of amides is 2. The third-order valence-electron chi connectivity index (χ3n) is 3.72. The molecule has 2 aromatic carbocycles. The molecule has 0 saturated heterocycles. The number of nitrogens with one attached hydrogen (secondary N) is 1. The van der Waals surface area contributed by atoms with Crippen LogP contribution in [-0.2, 0) is 13.1 Å². The summed E-state index contributed by atoms with van der Waals surface area (Å²) in [5.41, 5.74) is 2.05. The number of methoxy groups -OCH3 is 2. The van der Waals surface area contributed by atoms with Gasteiger partial charge in [-0.05, 0) is 35.4 Å². The number of nitrogens with zero attached hydrogens (tertiary/aromatic N) is 1. The van der Waals surface area contributed by atoms with E-state index in [1.54, 1.807) is 19.1 Å². The standard InChI is InChI=1S/C19H23ClN2O3/c1-24-17-7-3-15(4-8-17)13-22(19(23)21-12-11-20)14-16-5-9-18(25-2)10-6-16/h3-10H,11-14H2,1-2H3,(H,21,23). The van der Waals surface area contributed by atoms with Gasteiger partial charge in [0.2, 0.25) is 0 Å². The van der Waals surface area contributed by atoms with Crippen LogP contribution in [0.15, 0.2) is 48.5 Å². The minimum atomic E-state index is -0.146. The first-order chi connectivity index (χ1) is 12.2. The predicted molar refractivity (Wildman–Crippen MR) is 99.4 cm³/mol. The molecule has 0 radical (unpaired) electrons. The molecule has 0 saturated carbocycles. The number of rotatable bonds is 8. The summed E-state index contributed by atoms with van der Waals surface area (Å²) in [5.74, 6) is 1.96. The Balaban J connectivity index is 2.11. The molecule has 0 heterocycles. The van der Waals surface area contributed by atoms with E-state index in [9.17, 15) is 4.79 Å². The fourth-order valence-corrected chi connectivity index (χ4v) is 2.46. The summed E-state index contributed by atoms with van der Waals surface area (Å²) in [6, 6.07) is 15.2. The molecule has 0 spiro atoms. The molecule has 0 bridgehead atoms. The lowest BCUT2D eigenvalue weighted by Crippen LogP contribution is -2.39. The third-order valence-corrected chi connectivity index (χ3v) is 3.91. The number of hydrogen-bond acceptors (Lipinski definition) is 3. The van der Waals surface area contributed by atoms with E-state index in [1.165, 1.54) is 0 Å². The monoisotopic (exact) mass is 362 g/mol. The number of carbonyl (C=O) groups is 1. The maximum Gasteiger partial charge on any atom is 0.318 e. The number of alkyl halides is 1. The number of ether oxygens (including phenoxy) is 2. The zero-order chi connectivity index (χ0) is 18.1. The van der Waals surface area contributed by atoms with Crippen LogP contribution >= 0.6 is 11.6 Å². The normalized spacial score (nSPS) is 10.2. The van der Waals surface area contributed by atoms with Crippen LogP contribution in [0.1, 0.15) is 11.1 Å². The summed E-state index contributed by atoms with van der Waals surface area (Å²) >= 11 is 5.68. The first-order valence-electron chi connectivity index (χ1n) is 8.01. The topological polar surface area (TPSA) is 50.8 Å². The highest BCUT2D eigenvalue weighted by atomic mass is 35.5. The number of halogens is 1. The first kappa shape index (κ1) is 18.9. The Kier molecular flexibility index (Phi) is 7.41. The molecule has 25 heavy (non-hydrogen) atoms. The fraction of sp³-hybridized carbons (Fsp3) is 0.316. The van der Waals surface area contributed by atoms with E-state index in [-0.39, 0.29) is 6.03 Å². The Morgan fingerprint density at radius 2 is 1.36 bits per heavy atom. The molecule has 0 fully saturated rings. The predicted octanol–water partition coefficient (Wildman–Crippen LogP) is 3.65. The lowest BCUT2D eigenvalue weighted by atomic mass is 10.1. The second kappa shape index (κ2) is 9.79. The van der Waals surface area contributed by atoms with Crippen molar-refractivity contribution in [2.45, 2.75) is 13.1 Å². The molecule has 1 N–H and O–H groups in total. The molecule has 2 amide bonds. The smallest absolute Gasteiger partial charge is 0.318 e. The maximum absolute atomic E-state index is 12.5. The summed E-state index contributed by atoms with van der Waals surface area (Å²) in [7, 11) is 3.26. The lowest BCUT2D eigenvalue weighted by Gasteiger charge is -2.23. The van der Waals surface area contributed by atoms with Crippen molar-refractivity contribution in [3.05, 3.63) is 59.7 Å². The van der Waals surface area contributed by atoms with Gasteiger partial charge in [-0.3, -0.25) is 0 Å². The van der Waals surface area contributed by atoms with Gasteiger partial charge in [0, 0.05) is 25.5 Å². The highest BCUT2D eigenvalue weighted by molar-refractivity contribution is 6.18. The van der Waals surface area contributed by atoms with E-state index >= 15 is 0 Å². The van der Waals surface area contributed by atoms with Gasteiger partial charge < -0.3 is 19.7 Å². The molecule has 2 aromatic rings. The van der Waals surface area contributed by atoms with Crippen molar-refractivity contribution < 1.29 is 14.3 Å². The average molecular weight is 363 g/mol. The quantitative estimate of drug-likeness (QED) is 0.729. The Morgan fingerprint density at radius 1 is 0.920 bits per heavy atom. The molecular formula is C19H23ClN2O3. The minimum Gasteiger partial charge on any atom is -0.497 e. The zero-order valence-electron chi connectivity index (χ0n) is 14.5. The summed E-state index contributed by atoms with van der Waals surface area (Å²) < 4.78 is 10.3. The number of benzene rings is 2. The van der Waals surface area contributed by atoms with Gasteiger partial charge in [-0.15, -0.1) is 11.6 Å². The number of carbonyl (C=O) groups excluding carboxylic acids is 1. The van der Waals surface area contributed by atoms with Crippen molar-refractivity contribution >= 4 is 17.6 Å². The first-order valence-corrected chi connectivity index (χ1v) is 8.54. The Hall–Kier alpha value is -2.40. The van der Waals surface area contributed by atoms with Gasteiger partial charge in [-0.2, -0.15) is 0 Å². The SMILES string of the molecule is COc1ccc(CN(Cc2ccc(OC)cc2)C(=O)NCCCl)cc1. The van der Waals surface area contributed by atoms with Crippen LogP contribution in [0, 0.1) is 0 Å². The molecule has 5 nitrogen and oxygen atoms in total. The van der Waals surface area contributed by atoms with Crippen LogP contribution in [0.4, 0.5) is 4.79 Å². The molecule has 0 aliphatic carbocycles. The third kappa shape index (κ3) is 5.87. The Morgan fingerprint density at radius 3 is 1.72 bits per heavy atom. The largest absolute Gasteiger partial charge is 0.497 e. The molecule has 0 unspecified atom stereocenters. The van der Waals surface area contributed by atoms with E-state index < -0.39 is 0 Å². The van der Waals surface area contributed by atoms with Crippen LogP contribution < -0.4 is 14.8 Å². The van der Waals surface area contributed by atoms with Crippen molar-refractivity contribution in [3.63, 3.8) is 0 Å². The van der Waals surface area contributed by atoms with Crippen molar-refractivity contribution in [2.75, 3.05) is 26.6 Å². The van der Waals surface area contributed by atoms with E-state index in [4.69, 9.17) is 21.1 Å². The van der Waals surface area contributed by atoms with Crippen LogP contribution in [0.2, 0.25) is 0 Å². The summed E-state index contributed by atoms with van der Waals surface area (Å²) in [6.07, 6.45) is 0. The highest BCUT2D eigenvalue weighted by Crippen LogP contribution is 2.17. The molecule has 6 heteroatoms. The highest BCUT2D eigenvalue weighted by Gasteiger charge is 2.14. The molecule has 0 atom stereocenters. The molecule has 2 rings (SSSR count). The Bertz CT molecular complexity index is 610. The van der Waals surface area contributed by atoms with E-state index in [2.05, 4.69) is 5.32 Å². The van der Waals surface area contributed by atoms with Gasteiger partial charge in [0.15, 0.2) is 0 Å². The zero-order valence-corrected chi connectivity index (χ0v) is 15.3. The van der Waals surface area contributed by atoms with Gasteiger partial charge in [0.1, 0.15) is 11.5 Å². The van der Waals surface area contributed by atoms with E-state index in [0.717, 1.165) is 22.6 Å². The maximum atomic E-state index is 12.5. The molecule has 0 aliphatic heterocycles. The van der Waals surface area contributed by atoms with Gasteiger partial charge in [-0.1, -0.05) is 24.3 Å². The second-order valence-electron chi connectivity index (χ2n) is 5.47. The van der Waals surface area contributed by atoms with Crippen molar-refractivity contribution in [2.24, 2.45) is 0 Å². The van der Waals surface area contributed by atoms with Gasteiger partial charge in [0.25, 0.3) is 0 Å². The average Bonchev–Trinajstić information content (AvgIpc) is 2.66. The summed E-state index contributed by atoms with van der Waals surface area (Å²) in [6.45, 7) is 1.41. The second-order valence-corrected chi connectivity index (χ2v) is 5.85. The molecule has 134 valence electrons. The van der Waals surface area contributed by atoms with E-state index in [1.807, 2.05) is 48.5 Å². The fourth-order valence-electron chi connectivity index (χ4n) is 2.37. The minimum absolute atomic E-state index is 0.146. The van der Waals surface area contributed by atoms with Crippen molar-refractivity contribution in [1.82, 2.24) is 10.2 Å². The van der Waals surface area contributed by atoms with Crippen LogP contribution in [-0.4, -0.2) is 37.6 Å². The van der Waals surface area contributed by atoms with Crippen LogP contribution in [0.25, 0.3) is 0 Å². The van der Waals surface area contributed by atoms with Crippen LogP contribution in [0.5, 0.6) is 11.5 Å². The molecule has 0 aliphatic rings. The van der Waals surface area contributed by atoms with Crippen LogP contribution in [0.3, 0.4) is 0 Å². The summed E-state index contributed by atoms with van der Waals surface area (Å²) in [4.78, 5) is 14.2. The molecule has 0 aromatic heterocycles. The van der Waals surface area contributed by atoms with Gasteiger partial charge >= 0.3 is 6.03 Å². The Labute approximate surface area is 153 Å². The van der Waals surface area contributed by atoms with Crippen molar-refractivity contribution in [1.29, 1.82) is 0 Å². The van der Waals surface area contributed by atoms with E-state index in [0.29, 0.717) is 25.5 Å². The lowest BCUT2D eigenvalue weighted by molar-refractivity contribution is 0.193. The number of hydrogen-bond donors (Lipinski definition) is 1. The van der Waals surface area contributed by atoms with Gasteiger partial charge in [-0.25, -0.2) is 4.79 Å². The number of urea groups is 1.